The minimum Gasteiger partial charge on any atom is -0.456 e. The number of para-hydroxylation sites is 1. The van der Waals surface area contributed by atoms with Crippen molar-refractivity contribution in [3.63, 3.8) is 0 Å². The van der Waals surface area contributed by atoms with Crippen molar-refractivity contribution in [3.8, 4) is 11.3 Å². The topological polar surface area (TPSA) is 30.2 Å². The lowest BCUT2D eigenvalue weighted by Gasteiger charge is -2.19. The Balaban J connectivity index is 1.72. The predicted octanol–water partition coefficient (Wildman–Crippen LogP) is 8.18. The highest BCUT2D eigenvalue weighted by Gasteiger charge is 2.25. The van der Waals surface area contributed by atoms with Gasteiger partial charge in [-0.3, -0.25) is 0 Å². The van der Waals surface area contributed by atoms with Gasteiger partial charge in [0.2, 0.25) is 5.69 Å². The minimum absolute atomic E-state index is 0.00897. The molecule has 0 fully saturated rings. The lowest BCUT2D eigenvalue weighted by molar-refractivity contribution is -0.660. The molecule has 0 spiro atoms. The Morgan fingerprint density at radius 1 is 0.882 bits per heavy atom. The van der Waals surface area contributed by atoms with Crippen LogP contribution in [0.15, 0.2) is 69.6 Å². The normalized spacial score (nSPS) is 15.5. The van der Waals surface area contributed by atoms with Gasteiger partial charge in [-0.25, -0.2) is 4.57 Å². The molecule has 34 heavy (non-hydrogen) atoms. The van der Waals surface area contributed by atoms with Crippen LogP contribution < -0.4 is 4.57 Å². The molecule has 3 nitrogen and oxygen atoms in total. The van der Waals surface area contributed by atoms with Gasteiger partial charge in [0.15, 0.2) is 6.20 Å². The summed E-state index contributed by atoms with van der Waals surface area (Å²) in [4.78, 5) is 0. The van der Waals surface area contributed by atoms with E-state index in [1.807, 2.05) is 55.5 Å². The van der Waals surface area contributed by atoms with Crippen molar-refractivity contribution in [2.45, 2.75) is 40.9 Å². The summed E-state index contributed by atoms with van der Waals surface area (Å²) in [5.41, 5.74) is 4.74. The highest BCUT2D eigenvalue weighted by molar-refractivity contribution is 6.26. The summed E-state index contributed by atoms with van der Waals surface area (Å²) in [6.07, 6.45) is -0.360. The van der Waals surface area contributed by atoms with E-state index < -0.39 is 18.6 Å². The first-order valence-corrected chi connectivity index (χ1v) is 11.5. The van der Waals surface area contributed by atoms with Crippen LogP contribution >= 0.6 is 0 Å². The molecule has 0 atom stereocenters. The van der Waals surface area contributed by atoms with Crippen molar-refractivity contribution in [2.75, 3.05) is 0 Å². The van der Waals surface area contributed by atoms with E-state index >= 15 is 0 Å². The fourth-order valence-corrected chi connectivity index (χ4v) is 4.97. The van der Waals surface area contributed by atoms with Gasteiger partial charge in [0.25, 0.3) is 0 Å². The second-order valence-corrected chi connectivity index (χ2v) is 10.1. The molecule has 6 rings (SSSR count). The predicted molar refractivity (Wildman–Crippen MR) is 140 cm³/mol. The maximum absolute atomic E-state index is 9.00. The number of aryl methyl sites for hydroxylation is 3. The second kappa shape index (κ2) is 7.20. The highest BCUT2D eigenvalue weighted by Crippen LogP contribution is 2.43. The maximum atomic E-state index is 9.00. The van der Waals surface area contributed by atoms with Crippen LogP contribution in [0, 0.1) is 19.2 Å². The van der Waals surface area contributed by atoms with Crippen molar-refractivity contribution in [1.82, 2.24) is 0 Å². The molecule has 0 aliphatic carbocycles. The first-order chi connectivity index (χ1) is 18.2. The summed E-state index contributed by atoms with van der Waals surface area (Å²) in [6.45, 7) is 4.87. The molecular weight excluding hydrogens is 418 g/mol. The van der Waals surface area contributed by atoms with Crippen LogP contribution in [0.3, 0.4) is 0 Å². The van der Waals surface area contributed by atoms with Gasteiger partial charge < -0.3 is 8.83 Å². The number of hydrogen-bond acceptors (Lipinski definition) is 2. The molecule has 0 saturated carbocycles. The quantitative estimate of drug-likeness (QED) is 0.247. The lowest BCUT2D eigenvalue weighted by Crippen LogP contribution is -2.32. The largest absolute Gasteiger partial charge is 0.456 e. The zero-order valence-electron chi connectivity index (χ0n) is 25.0. The van der Waals surface area contributed by atoms with Crippen molar-refractivity contribution in [2.24, 2.45) is 12.5 Å². The number of rotatable bonds is 2. The fourth-order valence-electron chi connectivity index (χ4n) is 4.97. The van der Waals surface area contributed by atoms with E-state index in [2.05, 4.69) is 0 Å². The maximum Gasteiger partial charge on any atom is 0.216 e. The van der Waals surface area contributed by atoms with Crippen LogP contribution in [-0.4, -0.2) is 0 Å². The number of benzene rings is 3. The van der Waals surface area contributed by atoms with E-state index in [0.717, 1.165) is 49.4 Å². The molecule has 0 N–H and O–H groups in total. The Bertz CT molecular complexity index is 1940. The second-order valence-electron chi connectivity index (χ2n) is 10.1. The van der Waals surface area contributed by atoms with Crippen LogP contribution in [0.2, 0.25) is 0 Å². The molecule has 170 valence electrons. The summed E-state index contributed by atoms with van der Waals surface area (Å²) >= 11 is 0. The molecule has 0 saturated heterocycles. The van der Waals surface area contributed by atoms with Crippen LogP contribution in [0.25, 0.3) is 55.1 Å². The van der Waals surface area contributed by atoms with E-state index in [1.165, 1.54) is 0 Å². The van der Waals surface area contributed by atoms with Crippen molar-refractivity contribution in [1.29, 1.82) is 0 Å². The Morgan fingerprint density at radius 3 is 2.38 bits per heavy atom. The zero-order valence-corrected chi connectivity index (χ0v) is 20.0. The summed E-state index contributed by atoms with van der Waals surface area (Å²) in [6, 6.07) is 17.6. The number of aromatic nitrogens is 1. The van der Waals surface area contributed by atoms with Gasteiger partial charge >= 0.3 is 0 Å². The van der Waals surface area contributed by atoms with Crippen LogP contribution in [0.1, 0.15) is 44.3 Å². The zero-order chi connectivity index (χ0) is 28.1. The van der Waals surface area contributed by atoms with Gasteiger partial charge in [0, 0.05) is 40.0 Å². The number of hydrogen-bond donors (Lipinski definition) is 0. The van der Waals surface area contributed by atoms with Crippen molar-refractivity contribution >= 4 is 43.9 Å². The first kappa shape index (κ1) is 16.1. The molecule has 3 aromatic carbocycles. The smallest absolute Gasteiger partial charge is 0.216 e. The van der Waals surface area contributed by atoms with Crippen LogP contribution in [0.5, 0.6) is 0 Å². The van der Waals surface area contributed by atoms with E-state index in [0.29, 0.717) is 11.3 Å². The van der Waals surface area contributed by atoms with Crippen molar-refractivity contribution < 1.29 is 20.3 Å². The molecule has 3 heterocycles. The Morgan fingerprint density at radius 2 is 1.62 bits per heavy atom. The van der Waals surface area contributed by atoms with Gasteiger partial charge in [-0.15, -0.1) is 0 Å². The van der Waals surface area contributed by atoms with E-state index in [9.17, 15) is 0 Å². The van der Waals surface area contributed by atoms with Gasteiger partial charge in [-0.05, 0) is 54.9 Å². The standard InChI is InChI=1S/C31H30NO2/c1-18-11-12-22-29-26(14-13-25-28(29)21-9-7-8-10-24(21)33-25)34-30(22)27(18)23-15-20(16-31(3,4)5)19(2)17-32(23)6/h7-15,17H,16H2,1-6H3/q+1/i2D3,16D2. The van der Waals surface area contributed by atoms with E-state index in [1.54, 1.807) is 44.6 Å². The molecule has 0 aliphatic heterocycles. The number of fused-ring (bicyclic) bond motifs is 7. The molecular formula is C31H30NO2+. The molecule has 3 aromatic heterocycles. The third-order valence-corrected chi connectivity index (χ3v) is 6.39. The van der Waals surface area contributed by atoms with Crippen LogP contribution in [-0.2, 0) is 13.4 Å². The highest BCUT2D eigenvalue weighted by atomic mass is 16.3. The molecule has 0 unspecified atom stereocenters. The van der Waals surface area contributed by atoms with Gasteiger partial charge in [-0.2, -0.15) is 0 Å². The molecule has 0 bridgehead atoms. The average Bonchev–Trinajstić information content (AvgIpc) is 3.40. The first-order valence-electron chi connectivity index (χ1n) is 14.0. The third kappa shape index (κ3) is 3.14. The van der Waals surface area contributed by atoms with Crippen molar-refractivity contribution in [3.05, 3.63) is 77.5 Å². The molecule has 0 amide bonds. The van der Waals surface area contributed by atoms with E-state index in [-0.39, 0.29) is 11.1 Å². The average molecular weight is 454 g/mol. The molecule has 0 aliphatic rings. The number of pyridine rings is 1. The van der Waals surface area contributed by atoms with Crippen LogP contribution in [0.4, 0.5) is 0 Å². The summed E-state index contributed by atoms with van der Waals surface area (Å²) < 4.78 is 56.9. The Hall–Kier alpha value is -3.59. The van der Waals surface area contributed by atoms with Gasteiger partial charge in [-0.1, -0.05) is 51.1 Å². The SMILES string of the molecule is [2H]C([2H])([2H])c1c[n+](C)c(-c2c(C)ccc3c2oc2ccc4oc5ccccc5c4c23)cc1C([2H])([2H])C(C)(C)C. The number of nitrogens with zero attached hydrogens (tertiary/aromatic N) is 1. The minimum atomic E-state index is -2.47. The van der Waals surface area contributed by atoms with E-state index in [4.69, 9.17) is 15.7 Å². The Labute approximate surface area is 206 Å². The Kier molecular flexibility index (Phi) is 3.41. The summed E-state index contributed by atoms with van der Waals surface area (Å²) in [7, 11) is 1.80. The monoisotopic (exact) mass is 453 g/mol. The summed E-state index contributed by atoms with van der Waals surface area (Å²) in [5, 5.41) is 3.88. The molecule has 3 heteroatoms. The molecule has 0 radical (unpaired) electrons. The van der Waals surface area contributed by atoms with Gasteiger partial charge in [0.1, 0.15) is 29.4 Å². The number of furan rings is 2. The third-order valence-electron chi connectivity index (χ3n) is 6.39. The summed E-state index contributed by atoms with van der Waals surface area (Å²) in [5.74, 6) is 0. The van der Waals surface area contributed by atoms with Gasteiger partial charge in [0.05, 0.1) is 5.56 Å². The fraction of sp³-hybridized carbons (Fsp3) is 0.258. The lowest BCUT2D eigenvalue weighted by atomic mass is 9.86. The molecule has 6 aromatic rings.